The van der Waals surface area contributed by atoms with Crippen molar-refractivity contribution in [3.63, 3.8) is 0 Å². The molecule has 2 aromatic carbocycles. The number of nitrogens with one attached hydrogen (secondary N) is 1. The quantitative estimate of drug-likeness (QED) is 0.871. The van der Waals surface area contributed by atoms with E-state index in [1.165, 1.54) is 0 Å². The molecule has 2 aromatic rings. The summed E-state index contributed by atoms with van der Waals surface area (Å²) in [5, 5.41) is 2.83. The summed E-state index contributed by atoms with van der Waals surface area (Å²) in [6, 6.07) is 17.5. The van der Waals surface area contributed by atoms with E-state index in [0.717, 1.165) is 29.2 Å². The molecule has 6 heteroatoms. The molecule has 1 aliphatic heterocycles. The van der Waals surface area contributed by atoms with Gasteiger partial charge in [-0.2, -0.15) is 0 Å². The van der Waals surface area contributed by atoms with Crippen LogP contribution < -0.4 is 15.8 Å². The van der Waals surface area contributed by atoms with Gasteiger partial charge in [0.1, 0.15) is 16.7 Å². The Hall–Kier alpha value is -1.69. The summed E-state index contributed by atoms with van der Waals surface area (Å²) in [5.41, 5.74) is 6.66. The number of halogens is 1. The van der Waals surface area contributed by atoms with Gasteiger partial charge in [-0.25, -0.2) is 0 Å². The van der Waals surface area contributed by atoms with Gasteiger partial charge in [0.15, 0.2) is 0 Å². The number of hydrogen-bond donors (Lipinski definition) is 2. The monoisotopic (exact) mass is 364 g/mol. The van der Waals surface area contributed by atoms with Gasteiger partial charge in [-0.1, -0.05) is 30.3 Å². The number of nitrogens with two attached hydrogens (primary N) is 1. The van der Waals surface area contributed by atoms with Crippen molar-refractivity contribution < 1.29 is 9.53 Å². The Labute approximate surface area is 152 Å². The molecule has 3 rings (SSSR count). The van der Waals surface area contributed by atoms with Crippen LogP contribution in [0.1, 0.15) is 17.2 Å². The lowest BCUT2D eigenvalue weighted by Crippen LogP contribution is -2.40. The molecule has 1 amide bonds. The van der Waals surface area contributed by atoms with Gasteiger partial charge in [0.2, 0.25) is 5.91 Å². The van der Waals surface area contributed by atoms with Gasteiger partial charge in [0.05, 0.1) is 0 Å². The molecule has 3 N–H and O–H groups in total. The van der Waals surface area contributed by atoms with E-state index in [1.807, 2.05) is 54.6 Å². The van der Waals surface area contributed by atoms with Crippen molar-refractivity contribution in [1.29, 1.82) is 0 Å². The van der Waals surface area contributed by atoms with E-state index in [4.69, 9.17) is 10.5 Å². The Morgan fingerprint density at radius 2 is 1.75 bits per heavy atom. The Bertz CT molecular complexity index is 652. The highest BCUT2D eigenvalue weighted by atomic mass is 35.5. The number of hydrogen-bond acceptors (Lipinski definition) is 4. The third kappa shape index (κ3) is 4.66. The van der Waals surface area contributed by atoms with E-state index >= 15 is 0 Å². The van der Waals surface area contributed by atoms with Crippen LogP contribution >= 0.6 is 24.2 Å². The fraction of sp³-hybridized carbons (Fsp3) is 0.278. The van der Waals surface area contributed by atoms with Gasteiger partial charge in [-0.15, -0.1) is 24.2 Å². The van der Waals surface area contributed by atoms with Gasteiger partial charge in [-0.05, 0) is 42.0 Å². The first kappa shape index (κ1) is 18.6. The lowest BCUT2D eigenvalue weighted by molar-refractivity contribution is -0.121. The second kappa shape index (κ2) is 8.97. The predicted molar refractivity (Wildman–Crippen MR) is 101 cm³/mol. The Morgan fingerprint density at radius 3 is 2.42 bits per heavy atom. The second-order valence-corrected chi connectivity index (χ2v) is 6.68. The third-order valence-corrected chi connectivity index (χ3v) is 5.07. The molecular formula is C18H21ClN2O2S. The topological polar surface area (TPSA) is 64.3 Å². The van der Waals surface area contributed by atoms with Crippen LogP contribution in [0.4, 0.5) is 0 Å². The Morgan fingerprint density at radius 1 is 1.08 bits per heavy atom. The predicted octanol–water partition coefficient (Wildman–Crippen LogP) is 3.52. The highest BCUT2D eigenvalue weighted by molar-refractivity contribution is 8.00. The van der Waals surface area contributed by atoms with E-state index in [2.05, 4.69) is 5.32 Å². The second-order valence-electron chi connectivity index (χ2n) is 5.46. The smallest absolute Gasteiger partial charge is 0.237 e. The van der Waals surface area contributed by atoms with Crippen LogP contribution in [0.25, 0.3) is 0 Å². The van der Waals surface area contributed by atoms with Crippen LogP contribution in [0.2, 0.25) is 0 Å². The summed E-state index contributed by atoms with van der Waals surface area (Å²) >= 11 is 1.67. The minimum Gasteiger partial charge on any atom is -0.457 e. The van der Waals surface area contributed by atoms with Crippen LogP contribution in [0.3, 0.4) is 0 Å². The first-order valence-corrected chi connectivity index (χ1v) is 8.76. The van der Waals surface area contributed by atoms with Crippen molar-refractivity contribution in [2.45, 2.75) is 17.7 Å². The Balaban J connectivity index is 0.00000208. The number of ether oxygens (including phenoxy) is 1. The summed E-state index contributed by atoms with van der Waals surface area (Å²) < 4.78 is 5.78. The number of carbonyl (C=O) groups excluding carboxylic acids is 1. The molecular weight excluding hydrogens is 344 g/mol. The zero-order valence-electron chi connectivity index (χ0n) is 13.2. The molecule has 0 unspecified atom stereocenters. The van der Waals surface area contributed by atoms with Crippen molar-refractivity contribution in [3.8, 4) is 11.5 Å². The van der Waals surface area contributed by atoms with Crippen molar-refractivity contribution in [2.75, 3.05) is 12.3 Å². The number of amides is 1. The molecule has 1 heterocycles. The zero-order chi connectivity index (χ0) is 16.1. The first-order valence-electron chi connectivity index (χ1n) is 7.71. The van der Waals surface area contributed by atoms with Gasteiger partial charge in [0, 0.05) is 12.6 Å². The summed E-state index contributed by atoms with van der Waals surface area (Å²) in [6.07, 6.45) is 0.915. The number of thioether (sulfide) groups is 1. The Kier molecular flexibility index (Phi) is 6.97. The van der Waals surface area contributed by atoms with Crippen molar-refractivity contribution in [3.05, 3.63) is 60.2 Å². The van der Waals surface area contributed by atoms with Gasteiger partial charge < -0.3 is 15.8 Å². The molecule has 0 bridgehead atoms. The molecule has 2 atom stereocenters. The molecule has 1 saturated heterocycles. The normalized spacial score (nSPS) is 20.5. The number of para-hydroxylation sites is 1. The molecule has 0 radical (unpaired) electrons. The molecule has 1 aliphatic rings. The molecule has 0 spiro atoms. The lowest BCUT2D eigenvalue weighted by Gasteiger charge is -2.16. The van der Waals surface area contributed by atoms with E-state index in [-0.39, 0.29) is 29.6 Å². The van der Waals surface area contributed by atoms with Crippen molar-refractivity contribution >= 4 is 30.1 Å². The van der Waals surface area contributed by atoms with Gasteiger partial charge in [-0.3, -0.25) is 4.79 Å². The van der Waals surface area contributed by atoms with E-state index in [9.17, 15) is 4.79 Å². The summed E-state index contributed by atoms with van der Waals surface area (Å²) in [6.45, 7) is 0.489. The maximum atomic E-state index is 12.3. The average molecular weight is 365 g/mol. The van der Waals surface area contributed by atoms with Crippen molar-refractivity contribution in [1.82, 2.24) is 5.32 Å². The van der Waals surface area contributed by atoms with E-state index in [1.54, 1.807) is 11.8 Å². The van der Waals surface area contributed by atoms with E-state index < -0.39 is 0 Å². The van der Waals surface area contributed by atoms with Crippen LogP contribution in [-0.2, 0) is 4.79 Å². The highest BCUT2D eigenvalue weighted by Crippen LogP contribution is 2.33. The largest absolute Gasteiger partial charge is 0.457 e. The SMILES string of the molecule is Cl.NC[C@@H]1CCS[C@H](c2ccc(Oc3ccccc3)cc2)C(=O)N1. The zero-order valence-corrected chi connectivity index (χ0v) is 14.8. The first-order chi connectivity index (χ1) is 11.3. The van der Waals surface area contributed by atoms with Crippen LogP contribution in [0.15, 0.2) is 54.6 Å². The van der Waals surface area contributed by atoms with Gasteiger partial charge >= 0.3 is 0 Å². The van der Waals surface area contributed by atoms with Crippen molar-refractivity contribution in [2.24, 2.45) is 5.73 Å². The molecule has 4 nitrogen and oxygen atoms in total. The summed E-state index contributed by atoms with van der Waals surface area (Å²) in [5.74, 6) is 2.53. The number of carbonyl (C=O) groups is 1. The minimum absolute atomic E-state index is 0. The summed E-state index contributed by atoms with van der Waals surface area (Å²) in [7, 11) is 0. The standard InChI is InChI=1S/C18H20N2O2S.ClH/c19-12-14-10-11-23-17(18(21)20-14)13-6-8-16(9-7-13)22-15-4-2-1-3-5-15;/h1-9,14,17H,10-12,19H2,(H,20,21);1H/t14-,17+;/m0./s1. The molecule has 1 fully saturated rings. The minimum atomic E-state index is -0.183. The molecule has 0 saturated carbocycles. The lowest BCUT2D eigenvalue weighted by atomic mass is 10.1. The summed E-state index contributed by atoms with van der Waals surface area (Å²) in [4.78, 5) is 12.3. The van der Waals surface area contributed by atoms with Gasteiger partial charge in [0.25, 0.3) is 0 Å². The third-order valence-electron chi connectivity index (χ3n) is 3.78. The number of rotatable bonds is 4. The van der Waals surface area contributed by atoms with Crippen LogP contribution in [0.5, 0.6) is 11.5 Å². The molecule has 24 heavy (non-hydrogen) atoms. The van der Waals surface area contributed by atoms with Crippen LogP contribution in [0, 0.1) is 0 Å². The molecule has 0 aliphatic carbocycles. The van der Waals surface area contributed by atoms with E-state index in [0.29, 0.717) is 6.54 Å². The average Bonchev–Trinajstić information content (AvgIpc) is 2.78. The number of benzene rings is 2. The maximum absolute atomic E-state index is 12.3. The molecule has 0 aromatic heterocycles. The fourth-order valence-electron chi connectivity index (χ4n) is 2.51. The molecule has 128 valence electrons. The highest BCUT2D eigenvalue weighted by Gasteiger charge is 2.26. The van der Waals surface area contributed by atoms with Crippen LogP contribution in [-0.4, -0.2) is 24.2 Å². The fourth-order valence-corrected chi connectivity index (χ4v) is 3.74. The maximum Gasteiger partial charge on any atom is 0.237 e.